The molecule has 1 amide bonds. The van der Waals surface area contributed by atoms with Gasteiger partial charge >= 0.3 is 0 Å². The molecule has 35 heavy (non-hydrogen) atoms. The van der Waals surface area contributed by atoms with Gasteiger partial charge in [-0.2, -0.15) is 4.39 Å². The summed E-state index contributed by atoms with van der Waals surface area (Å²) in [4.78, 5) is 24.2. The van der Waals surface area contributed by atoms with Gasteiger partial charge in [-0.1, -0.05) is 12.1 Å². The molecular weight excluding hydrogens is 447 g/mol. The molecule has 0 bridgehead atoms. The number of hydrogen-bond donors (Lipinski definition) is 2. The Labute approximate surface area is 200 Å². The van der Waals surface area contributed by atoms with Gasteiger partial charge in [0.25, 0.3) is 5.91 Å². The van der Waals surface area contributed by atoms with Gasteiger partial charge < -0.3 is 19.9 Å². The highest BCUT2D eigenvalue weighted by Crippen LogP contribution is 2.29. The molecule has 0 aliphatic rings. The maximum atomic E-state index is 13.5. The Morgan fingerprint density at radius 2 is 1.74 bits per heavy atom. The van der Waals surface area contributed by atoms with Crippen LogP contribution in [0.5, 0.6) is 11.5 Å². The van der Waals surface area contributed by atoms with Crippen molar-refractivity contribution in [1.82, 2.24) is 24.8 Å². The van der Waals surface area contributed by atoms with E-state index in [2.05, 4.69) is 20.6 Å². The number of anilines is 2. The highest BCUT2D eigenvalue weighted by atomic mass is 19.1. The van der Waals surface area contributed by atoms with E-state index in [0.29, 0.717) is 17.4 Å². The molecule has 8 nitrogen and oxygen atoms in total. The highest BCUT2D eigenvalue weighted by Gasteiger charge is 2.12. The van der Waals surface area contributed by atoms with Crippen molar-refractivity contribution in [2.75, 3.05) is 12.4 Å². The summed E-state index contributed by atoms with van der Waals surface area (Å²) < 4.78 is 21.4. The van der Waals surface area contributed by atoms with Crippen LogP contribution in [0.2, 0.25) is 0 Å². The van der Waals surface area contributed by atoms with E-state index in [9.17, 15) is 9.18 Å². The lowest BCUT2D eigenvalue weighted by Crippen LogP contribution is -2.18. The summed E-state index contributed by atoms with van der Waals surface area (Å²) in [5.41, 5.74) is 4.33. The van der Waals surface area contributed by atoms with E-state index in [1.54, 1.807) is 25.2 Å². The zero-order valence-corrected chi connectivity index (χ0v) is 19.0. The molecule has 5 aromatic rings. The third-order valence-electron chi connectivity index (χ3n) is 5.46. The largest absolute Gasteiger partial charge is 0.457 e. The Morgan fingerprint density at radius 3 is 2.57 bits per heavy atom. The number of amides is 1. The van der Waals surface area contributed by atoms with Crippen molar-refractivity contribution in [1.29, 1.82) is 0 Å². The number of fused-ring (bicyclic) bond motifs is 1. The molecule has 0 fully saturated rings. The molecule has 0 saturated carbocycles. The molecule has 0 radical (unpaired) electrons. The normalized spacial score (nSPS) is 10.8. The zero-order valence-electron chi connectivity index (χ0n) is 19.0. The Kier molecular flexibility index (Phi) is 5.80. The van der Waals surface area contributed by atoms with Crippen molar-refractivity contribution in [3.05, 3.63) is 90.8 Å². The lowest BCUT2D eigenvalue weighted by Gasteiger charge is -2.09. The number of nitrogens with zero attached hydrogens (tertiary/aromatic N) is 4. The van der Waals surface area contributed by atoms with E-state index < -0.39 is 5.95 Å². The number of carbonyl (C=O) groups excluding carboxylic acids is 1. The molecule has 0 saturated heterocycles. The lowest BCUT2D eigenvalue weighted by atomic mass is 10.1. The minimum Gasteiger partial charge on any atom is -0.457 e. The van der Waals surface area contributed by atoms with Crippen molar-refractivity contribution in [3.63, 3.8) is 0 Å². The van der Waals surface area contributed by atoms with E-state index >= 15 is 0 Å². The molecule has 5 rings (SSSR count). The maximum absolute atomic E-state index is 13.5. The SMILES string of the molecule is CNC(=O)c1cc(Oc2ccc3c(c2)nc(Nc2cccc(-c4ccnc(F)c4)c2)n3C)ccn1. The first-order valence-corrected chi connectivity index (χ1v) is 10.8. The van der Waals surface area contributed by atoms with Crippen LogP contribution in [0.4, 0.5) is 16.0 Å². The Hall–Kier alpha value is -4.79. The topological polar surface area (TPSA) is 94.0 Å². The average molecular weight is 468 g/mol. The Bertz CT molecular complexity index is 1550. The smallest absolute Gasteiger partial charge is 0.269 e. The minimum absolute atomic E-state index is 0.270. The number of imidazole rings is 1. The van der Waals surface area contributed by atoms with Crippen molar-refractivity contribution in [3.8, 4) is 22.6 Å². The third kappa shape index (κ3) is 4.65. The van der Waals surface area contributed by atoms with Crippen LogP contribution in [0.15, 0.2) is 79.1 Å². The maximum Gasteiger partial charge on any atom is 0.269 e. The molecule has 2 aromatic carbocycles. The fraction of sp³-hybridized carbons (Fsp3) is 0.0769. The van der Waals surface area contributed by atoms with Crippen LogP contribution in [-0.2, 0) is 7.05 Å². The number of halogens is 1. The average Bonchev–Trinajstić information content (AvgIpc) is 3.18. The minimum atomic E-state index is -0.522. The van der Waals surface area contributed by atoms with Gasteiger partial charge in [0.1, 0.15) is 17.2 Å². The van der Waals surface area contributed by atoms with E-state index in [4.69, 9.17) is 9.72 Å². The first kappa shape index (κ1) is 22.0. The molecule has 0 atom stereocenters. The van der Waals surface area contributed by atoms with Gasteiger partial charge in [0.2, 0.25) is 11.9 Å². The molecule has 0 aliphatic carbocycles. The van der Waals surface area contributed by atoms with E-state index in [1.165, 1.54) is 18.5 Å². The fourth-order valence-electron chi connectivity index (χ4n) is 3.71. The fourth-order valence-corrected chi connectivity index (χ4v) is 3.71. The van der Waals surface area contributed by atoms with Gasteiger partial charge in [0.15, 0.2) is 0 Å². The van der Waals surface area contributed by atoms with Gasteiger partial charge in [-0.15, -0.1) is 0 Å². The van der Waals surface area contributed by atoms with Gasteiger partial charge in [0.05, 0.1) is 11.0 Å². The summed E-state index contributed by atoms with van der Waals surface area (Å²) in [6.45, 7) is 0. The summed E-state index contributed by atoms with van der Waals surface area (Å²) in [6, 6.07) is 19.7. The molecule has 3 heterocycles. The Morgan fingerprint density at radius 1 is 0.943 bits per heavy atom. The zero-order chi connectivity index (χ0) is 24.4. The number of ether oxygens (including phenoxy) is 1. The molecule has 9 heteroatoms. The summed E-state index contributed by atoms with van der Waals surface area (Å²) >= 11 is 0. The van der Waals surface area contributed by atoms with E-state index in [0.717, 1.165) is 27.8 Å². The number of carbonyl (C=O) groups is 1. The summed E-state index contributed by atoms with van der Waals surface area (Å²) in [6.07, 6.45) is 2.97. The molecule has 2 N–H and O–H groups in total. The molecule has 0 aliphatic heterocycles. The van der Waals surface area contributed by atoms with E-state index in [1.807, 2.05) is 54.1 Å². The quantitative estimate of drug-likeness (QED) is 0.338. The number of pyridine rings is 2. The van der Waals surface area contributed by atoms with Crippen LogP contribution in [0.25, 0.3) is 22.2 Å². The van der Waals surface area contributed by atoms with Crippen molar-refractivity contribution in [2.24, 2.45) is 7.05 Å². The Balaban J connectivity index is 1.40. The number of aromatic nitrogens is 4. The van der Waals surface area contributed by atoms with Gasteiger partial charge in [-0.05, 0) is 47.5 Å². The molecule has 3 aromatic heterocycles. The number of aryl methyl sites for hydroxylation is 1. The predicted molar refractivity (Wildman–Crippen MR) is 131 cm³/mol. The van der Waals surface area contributed by atoms with Crippen LogP contribution >= 0.6 is 0 Å². The first-order chi connectivity index (χ1) is 17.0. The number of hydrogen-bond acceptors (Lipinski definition) is 6. The lowest BCUT2D eigenvalue weighted by molar-refractivity contribution is 0.0958. The third-order valence-corrected chi connectivity index (χ3v) is 5.46. The van der Waals surface area contributed by atoms with E-state index in [-0.39, 0.29) is 11.6 Å². The van der Waals surface area contributed by atoms with Crippen molar-refractivity contribution < 1.29 is 13.9 Å². The molecule has 0 spiro atoms. The predicted octanol–water partition coefficient (Wildman–Crippen LogP) is 5.06. The summed E-state index contributed by atoms with van der Waals surface area (Å²) in [7, 11) is 3.46. The second-order valence-corrected chi connectivity index (χ2v) is 7.78. The van der Waals surface area contributed by atoms with Gasteiger partial charge in [0, 0.05) is 50.4 Å². The number of nitrogens with one attached hydrogen (secondary N) is 2. The molecule has 0 unspecified atom stereocenters. The van der Waals surface area contributed by atoms with Crippen molar-refractivity contribution >= 4 is 28.6 Å². The second kappa shape index (κ2) is 9.22. The van der Waals surface area contributed by atoms with Crippen LogP contribution in [0, 0.1) is 5.95 Å². The molecular formula is C26H21FN6O2. The molecule has 174 valence electrons. The second-order valence-electron chi connectivity index (χ2n) is 7.78. The number of rotatable bonds is 6. The van der Waals surface area contributed by atoms with Crippen LogP contribution in [0.1, 0.15) is 10.5 Å². The van der Waals surface area contributed by atoms with Gasteiger partial charge in [-0.25, -0.2) is 9.97 Å². The monoisotopic (exact) mass is 468 g/mol. The van der Waals surface area contributed by atoms with Crippen LogP contribution < -0.4 is 15.4 Å². The summed E-state index contributed by atoms with van der Waals surface area (Å²) in [5.74, 6) is 0.908. The standard InChI is InChI=1S/C26H21FN6O2/c1-28-25(34)22-15-20(9-11-29-22)35-19-6-7-23-21(14-19)32-26(33(23)2)31-18-5-3-4-16(12-18)17-8-10-30-24(27)13-17/h3-15H,1-2H3,(H,28,34)(H,31,32). The number of benzene rings is 2. The highest BCUT2D eigenvalue weighted by molar-refractivity contribution is 5.92. The van der Waals surface area contributed by atoms with Crippen LogP contribution in [0.3, 0.4) is 0 Å². The summed E-state index contributed by atoms with van der Waals surface area (Å²) in [5, 5.41) is 5.88. The first-order valence-electron chi connectivity index (χ1n) is 10.8. The van der Waals surface area contributed by atoms with Gasteiger partial charge in [-0.3, -0.25) is 9.78 Å². The van der Waals surface area contributed by atoms with Crippen molar-refractivity contribution in [2.45, 2.75) is 0 Å². The van der Waals surface area contributed by atoms with Crippen LogP contribution in [-0.4, -0.2) is 32.5 Å².